The van der Waals surface area contributed by atoms with Crippen LogP contribution in [0.1, 0.15) is 74.3 Å². The van der Waals surface area contributed by atoms with Crippen LogP contribution in [0.15, 0.2) is 35.9 Å². The number of esters is 1. The van der Waals surface area contributed by atoms with Crippen molar-refractivity contribution < 1.29 is 19.1 Å². The maximum absolute atomic E-state index is 12.7. The summed E-state index contributed by atoms with van der Waals surface area (Å²) in [5.74, 6) is -0.425. The third-order valence-corrected chi connectivity index (χ3v) is 5.63. The molecule has 2 unspecified atom stereocenters. The number of anilines is 1. The summed E-state index contributed by atoms with van der Waals surface area (Å²) in [6.07, 6.45) is 3.90. The molecule has 1 aromatic carbocycles. The van der Waals surface area contributed by atoms with Gasteiger partial charge in [-0.15, -0.1) is 0 Å². The van der Waals surface area contributed by atoms with Gasteiger partial charge < -0.3 is 30.8 Å². The molecule has 4 N–H and O–H groups in total. The Labute approximate surface area is 231 Å². The van der Waals surface area contributed by atoms with Crippen LogP contribution in [0.25, 0.3) is 0 Å². The van der Waals surface area contributed by atoms with Crippen molar-refractivity contribution in [1.29, 1.82) is 0 Å². The minimum absolute atomic E-state index is 0.202. The Morgan fingerprint density at radius 1 is 1.11 bits per heavy atom. The van der Waals surface area contributed by atoms with Crippen LogP contribution in [-0.2, 0) is 24.5 Å². The Morgan fingerprint density at radius 3 is 2.05 bits per heavy atom. The molecule has 0 bridgehead atoms. The van der Waals surface area contributed by atoms with Gasteiger partial charge >= 0.3 is 5.97 Å². The number of amides is 1. The molecule has 8 nitrogen and oxygen atoms in total. The van der Waals surface area contributed by atoms with Crippen LogP contribution >= 0.6 is 0 Å². The number of carbonyl (C=O) groups excluding carboxylic acids is 3. The molecule has 1 rings (SSSR count). The molecule has 0 fully saturated rings. The molecule has 2 atom stereocenters. The summed E-state index contributed by atoms with van der Waals surface area (Å²) in [7, 11) is 5.65. The molecule has 0 aliphatic carbocycles. The van der Waals surface area contributed by atoms with E-state index in [2.05, 4.69) is 24.5 Å². The third kappa shape index (κ3) is 14.3. The highest BCUT2D eigenvalue weighted by atomic mass is 16.5. The van der Waals surface area contributed by atoms with Crippen molar-refractivity contribution in [2.24, 2.45) is 5.41 Å². The first-order valence-electron chi connectivity index (χ1n) is 13.3. The van der Waals surface area contributed by atoms with Crippen molar-refractivity contribution in [3.63, 3.8) is 0 Å². The zero-order valence-corrected chi connectivity index (χ0v) is 25.9. The minimum Gasteiger partial charge on any atom is -0.463 e. The molecular weight excluding hydrogens is 480 g/mol. The highest BCUT2D eigenvalue weighted by Crippen LogP contribution is 2.29. The second kappa shape index (κ2) is 18.5. The van der Waals surface area contributed by atoms with Gasteiger partial charge in [-0.1, -0.05) is 73.1 Å². The molecule has 0 saturated heterocycles. The number of benzene rings is 1. The van der Waals surface area contributed by atoms with Gasteiger partial charge in [-0.3, -0.25) is 4.79 Å². The van der Waals surface area contributed by atoms with Crippen LogP contribution in [0.5, 0.6) is 0 Å². The number of hydrogen-bond acceptors (Lipinski definition) is 7. The predicted molar refractivity (Wildman–Crippen MR) is 159 cm³/mol. The fourth-order valence-electron chi connectivity index (χ4n) is 3.26. The lowest BCUT2D eigenvalue weighted by molar-refractivity contribution is -0.138. The van der Waals surface area contributed by atoms with Gasteiger partial charge in [0, 0.05) is 23.2 Å². The number of aldehydes is 1. The van der Waals surface area contributed by atoms with E-state index in [1.807, 2.05) is 84.0 Å². The fourth-order valence-corrected chi connectivity index (χ4v) is 3.26. The van der Waals surface area contributed by atoms with Gasteiger partial charge in [-0.2, -0.15) is 0 Å². The molecule has 0 radical (unpaired) electrons. The Kier molecular flexibility index (Phi) is 18.3. The minimum atomic E-state index is -0.539. The summed E-state index contributed by atoms with van der Waals surface area (Å²) in [5, 5.41) is 5.92. The number of ether oxygens (including phenoxy) is 1. The Bertz CT molecular complexity index is 873. The van der Waals surface area contributed by atoms with Crippen molar-refractivity contribution in [2.45, 2.75) is 86.2 Å². The molecule has 0 heterocycles. The van der Waals surface area contributed by atoms with Crippen LogP contribution in [0, 0.1) is 5.41 Å². The highest BCUT2D eigenvalue weighted by Gasteiger charge is 2.37. The van der Waals surface area contributed by atoms with Crippen molar-refractivity contribution in [3.8, 4) is 0 Å². The third-order valence-electron chi connectivity index (χ3n) is 5.63. The maximum atomic E-state index is 12.7. The molecule has 0 aliphatic heterocycles. The van der Waals surface area contributed by atoms with Gasteiger partial charge in [0.1, 0.15) is 6.29 Å². The van der Waals surface area contributed by atoms with Gasteiger partial charge in [-0.05, 0) is 58.1 Å². The van der Waals surface area contributed by atoms with Gasteiger partial charge in [0.25, 0.3) is 0 Å². The molecule has 0 spiro atoms. The first-order valence-corrected chi connectivity index (χ1v) is 13.3. The number of likely N-dealkylation sites (N-methyl/N-ethyl adjacent to an activating group) is 2. The van der Waals surface area contributed by atoms with Crippen molar-refractivity contribution >= 4 is 23.9 Å². The molecule has 8 heteroatoms. The number of hydrogen-bond donors (Lipinski definition) is 3. The average Bonchev–Trinajstić information content (AvgIpc) is 2.81. The van der Waals surface area contributed by atoms with E-state index in [0.717, 1.165) is 18.4 Å². The van der Waals surface area contributed by atoms with Crippen molar-refractivity contribution in [2.75, 3.05) is 40.0 Å². The Hall–Kier alpha value is -2.71. The van der Waals surface area contributed by atoms with Crippen LogP contribution in [0.3, 0.4) is 0 Å². The first-order chi connectivity index (χ1) is 17.5. The van der Waals surface area contributed by atoms with E-state index >= 15 is 0 Å². The van der Waals surface area contributed by atoms with Gasteiger partial charge in [-0.25, -0.2) is 4.79 Å². The van der Waals surface area contributed by atoms with E-state index in [4.69, 9.17) is 10.5 Å². The fraction of sp³-hybridized carbons (Fsp3) is 0.633. The smallest absolute Gasteiger partial charge is 0.333 e. The predicted octanol–water partition coefficient (Wildman–Crippen LogP) is 4.34. The molecule has 38 heavy (non-hydrogen) atoms. The lowest BCUT2D eigenvalue weighted by Gasteiger charge is -2.36. The van der Waals surface area contributed by atoms with Gasteiger partial charge in [0.05, 0.1) is 18.7 Å². The summed E-state index contributed by atoms with van der Waals surface area (Å²) in [5.41, 5.74) is 7.34. The van der Waals surface area contributed by atoms with Crippen LogP contribution in [0.4, 0.5) is 5.69 Å². The highest BCUT2D eigenvalue weighted by molar-refractivity contribution is 5.87. The molecule has 0 aromatic heterocycles. The van der Waals surface area contributed by atoms with Crippen molar-refractivity contribution in [3.05, 3.63) is 41.5 Å². The number of nitrogens with zero attached hydrogens (tertiary/aromatic N) is 1. The van der Waals surface area contributed by atoms with Crippen molar-refractivity contribution in [1.82, 2.24) is 15.5 Å². The lowest BCUT2D eigenvalue weighted by Crippen LogP contribution is -2.57. The van der Waals surface area contributed by atoms with E-state index in [9.17, 15) is 14.4 Å². The Morgan fingerprint density at radius 2 is 1.66 bits per heavy atom. The number of rotatable bonds is 10. The second-order valence-electron chi connectivity index (χ2n) is 11.1. The summed E-state index contributed by atoms with van der Waals surface area (Å²) in [6, 6.07) is 6.49. The topological polar surface area (TPSA) is 114 Å². The van der Waals surface area contributed by atoms with Gasteiger partial charge in [0.15, 0.2) is 0 Å². The molecular formula is C30H54N4O4. The lowest BCUT2D eigenvalue weighted by atomic mass is 9.76. The van der Waals surface area contributed by atoms with Crippen LogP contribution in [0.2, 0.25) is 0 Å². The zero-order chi connectivity index (χ0) is 30.1. The molecule has 218 valence electrons. The zero-order valence-electron chi connectivity index (χ0n) is 25.9. The summed E-state index contributed by atoms with van der Waals surface area (Å²) >= 11 is 0. The van der Waals surface area contributed by atoms with Crippen LogP contribution in [-0.4, -0.2) is 69.4 Å². The van der Waals surface area contributed by atoms with Gasteiger partial charge in [0.2, 0.25) is 5.91 Å². The summed E-state index contributed by atoms with van der Waals surface area (Å²) in [6.45, 7) is 18.7. The first kappa shape index (κ1) is 37.4. The monoisotopic (exact) mass is 534 g/mol. The molecule has 1 aromatic rings. The van der Waals surface area contributed by atoms with E-state index in [1.165, 1.54) is 6.42 Å². The van der Waals surface area contributed by atoms with E-state index in [0.29, 0.717) is 17.9 Å². The number of nitrogen functional groups attached to an aromatic ring is 1. The number of nitrogens with one attached hydrogen (secondary N) is 2. The van der Waals surface area contributed by atoms with E-state index in [1.54, 1.807) is 20.9 Å². The largest absolute Gasteiger partial charge is 0.463 e. The second-order valence-corrected chi connectivity index (χ2v) is 11.1. The molecule has 1 amide bonds. The number of carbonyl (C=O) groups is 3. The summed E-state index contributed by atoms with van der Waals surface area (Å²) in [4.78, 5) is 37.1. The van der Waals surface area contributed by atoms with E-state index < -0.39 is 17.5 Å². The molecule has 0 aliphatic rings. The number of nitrogens with two attached hydrogens (primary N) is 1. The SMILES string of the molecule is CCC.CCOC(=O)/C(C)=C/CN(C)C.CNC(C(=O)NC(C=O)C(C)(C)C)C(C)(C)c1cccc(N)c1. The standard InChI is InChI=1S/C18H29N3O2.C9H17NO2.C3H8/c1-17(2,3)14(11-22)21-16(23)15(20-6)18(4,5)12-8-7-9-13(19)10-12;1-5-12-9(11)8(2)6-7-10(3)4;1-3-2/h7-11,14-15,20H,19H2,1-6H3,(H,21,23);6H,5,7H2,1-4H3;3H2,1-2H3/b;8-6+;. The van der Waals surface area contributed by atoms with E-state index in [-0.39, 0.29) is 17.3 Å². The quantitative estimate of drug-likeness (QED) is 0.177. The maximum Gasteiger partial charge on any atom is 0.333 e. The van der Waals surface area contributed by atoms with Crippen LogP contribution < -0.4 is 16.4 Å². The Balaban J connectivity index is 0. The molecule has 0 saturated carbocycles. The normalized spacial score (nSPS) is 13.2. The summed E-state index contributed by atoms with van der Waals surface area (Å²) < 4.78 is 4.81. The average molecular weight is 535 g/mol.